The summed E-state index contributed by atoms with van der Waals surface area (Å²) in [5.74, 6) is 0.274. The van der Waals surface area contributed by atoms with Crippen LogP contribution in [-0.4, -0.2) is 56.9 Å². The van der Waals surface area contributed by atoms with E-state index in [2.05, 4.69) is 43.8 Å². The van der Waals surface area contributed by atoms with Gasteiger partial charge in [-0.25, -0.2) is 9.97 Å². The Morgan fingerprint density at radius 2 is 1.60 bits per heavy atom. The van der Waals surface area contributed by atoms with Crippen molar-refractivity contribution in [1.29, 1.82) is 0 Å². The lowest BCUT2D eigenvalue weighted by Gasteiger charge is -2.37. The van der Waals surface area contributed by atoms with Gasteiger partial charge in [-0.3, -0.25) is 0 Å². The van der Waals surface area contributed by atoms with Crippen molar-refractivity contribution in [2.75, 3.05) is 20.3 Å². The van der Waals surface area contributed by atoms with Crippen LogP contribution in [0.15, 0.2) is 24.3 Å². The molecule has 42 heavy (non-hydrogen) atoms. The molecule has 1 unspecified atom stereocenters. The average Bonchev–Trinajstić information content (AvgIpc) is 3.08. The Morgan fingerprint density at radius 1 is 0.976 bits per heavy atom. The highest BCUT2D eigenvalue weighted by molar-refractivity contribution is 6.74. The van der Waals surface area contributed by atoms with Crippen LogP contribution in [0.2, 0.25) is 24.5 Å². The molecule has 0 spiro atoms. The normalized spacial score (nSPS) is 17.8. The Hall–Kier alpha value is -2.15. The van der Waals surface area contributed by atoms with E-state index in [0.717, 1.165) is 12.5 Å². The van der Waals surface area contributed by atoms with Crippen molar-refractivity contribution in [3.8, 4) is 22.9 Å². The lowest BCUT2D eigenvalue weighted by molar-refractivity contribution is -0.141. The van der Waals surface area contributed by atoms with E-state index < -0.39 is 44.4 Å². The van der Waals surface area contributed by atoms with E-state index >= 15 is 0 Å². The first kappa shape index (κ1) is 34.3. The molecule has 2 heterocycles. The van der Waals surface area contributed by atoms with Crippen LogP contribution in [0.1, 0.15) is 79.1 Å². The second kappa shape index (κ2) is 12.5. The second-order valence-electron chi connectivity index (χ2n) is 13.4. The molecule has 234 valence electrons. The Kier molecular flexibility index (Phi) is 10.2. The predicted molar refractivity (Wildman–Crippen MR) is 162 cm³/mol. The largest absolute Gasteiger partial charge is 0.493 e. The lowest BCUT2D eigenvalue weighted by atomic mass is 9.76. The number of halogens is 3. The summed E-state index contributed by atoms with van der Waals surface area (Å²) in [4.78, 5) is 8.62. The Morgan fingerprint density at radius 3 is 2.12 bits per heavy atom. The van der Waals surface area contributed by atoms with Gasteiger partial charge in [0.25, 0.3) is 0 Å². The number of aromatic nitrogens is 2. The molecule has 0 bridgehead atoms. The maximum atomic E-state index is 14.2. The van der Waals surface area contributed by atoms with Crippen LogP contribution < -0.4 is 9.47 Å². The van der Waals surface area contributed by atoms with Crippen LogP contribution in [0.5, 0.6) is 11.5 Å². The molecular formula is C30H46BF3N2O5Si. The zero-order valence-electron chi connectivity index (χ0n) is 26.9. The standard InChI is InChI=1S/C30H46BF3N2O5Si/c1-12-15-38-24-16-20(13-14-23(24)37-9)26-35-22(17-25(36-26)30(32,33)34)21(19-39-42(10,11)27(2,3)4)18-31-40-28(5,6)29(7,8)41-31/h13-14,16-17,21H,12,15,18-19H2,1-11H3. The van der Waals surface area contributed by atoms with Crippen molar-refractivity contribution in [3.05, 3.63) is 35.7 Å². The molecule has 3 rings (SSSR count). The van der Waals surface area contributed by atoms with Crippen molar-refractivity contribution in [3.63, 3.8) is 0 Å². The molecule has 0 radical (unpaired) electrons. The third-order valence-corrected chi connectivity index (χ3v) is 13.1. The number of ether oxygens (including phenoxy) is 2. The topological polar surface area (TPSA) is 71.9 Å². The summed E-state index contributed by atoms with van der Waals surface area (Å²) in [6.07, 6.45) is -3.66. The summed E-state index contributed by atoms with van der Waals surface area (Å²) in [5, 5.41) is -0.0894. The van der Waals surface area contributed by atoms with Crippen molar-refractivity contribution < 1.29 is 36.4 Å². The van der Waals surface area contributed by atoms with Gasteiger partial charge >= 0.3 is 13.3 Å². The molecule has 1 aromatic carbocycles. The number of nitrogens with zero attached hydrogens (tertiary/aromatic N) is 2. The minimum atomic E-state index is -4.68. The van der Waals surface area contributed by atoms with Gasteiger partial charge in [0.15, 0.2) is 25.6 Å². The van der Waals surface area contributed by atoms with Crippen molar-refractivity contribution in [1.82, 2.24) is 9.97 Å². The highest BCUT2D eigenvalue weighted by Gasteiger charge is 2.52. The van der Waals surface area contributed by atoms with Crippen LogP contribution in [0, 0.1) is 0 Å². The monoisotopic (exact) mass is 610 g/mol. The number of benzene rings is 1. The minimum Gasteiger partial charge on any atom is -0.493 e. The van der Waals surface area contributed by atoms with Gasteiger partial charge in [0.1, 0.15) is 5.69 Å². The Bertz CT molecular complexity index is 1220. The first-order valence-electron chi connectivity index (χ1n) is 14.5. The molecule has 1 aromatic heterocycles. The van der Waals surface area contributed by atoms with E-state index in [0.29, 0.717) is 23.7 Å². The Labute approximate surface area is 250 Å². The van der Waals surface area contributed by atoms with Gasteiger partial charge in [-0.1, -0.05) is 27.7 Å². The molecule has 1 fully saturated rings. The van der Waals surface area contributed by atoms with Gasteiger partial charge in [0.05, 0.1) is 24.9 Å². The zero-order valence-corrected chi connectivity index (χ0v) is 27.9. The van der Waals surface area contributed by atoms with Gasteiger partial charge in [-0.05, 0) is 82.8 Å². The minimum absolute atomic E-state index is 0.0601. The fraction of sp³-hybridized carbons (Fsp3) is 0.667. The van der Waals surface area contributed by atoms with Crippen LogP contribution in [0.25, 0.3) is 11.4 Å². The molecule has 1 atom stereocenters. The predicted octanol–water partition coefficient (Wildman–Crippen LogP) is 8.16. The molecule has 1 aliphatic heterocycles. The van der Waals surface area contributed by atoms with E-state index in [4.69, 9.17) is 23.2 Å². The molecule has 1 aliphatic rings. The molecule has 2 aromatic rings. The van der Waals surface area contributed by atoms with Gasteiger partial charge in [0.2, 0.25) is 0 Å². The maximum absolute atomic E-state index is 14.2. The third kappa shape index (κ3) is 7.86. The number of hydrogen-bond acceptors (Lipinski definition) is 7. The SMILES string of the molecule is CCCOc1cc(-c2nc(C(CO[Si](C)(C)C(C)(C)C)CB3OC(C)(C)C(C)(C)O3)cc(C(F)(F)F)n2)ccc1OC. The summed E-state index contributed by atoms with van der Waals surface area (Å²) in [7, 11) is -1.39. The summed E-state index contributed by atoms with van der Waals surface area (Å²) >= 11 is 0. The summed E-state index contributed by atoms with van der Waals surface area (Å²) in [6, 6.07) is 5.91. The molecule has 0 saturated carbocycles. The van der Waals surface area contributed by atoms with E-state index in [-0.39, 0.29) is 29.5 Å². The molecule has 1 saturated heterocycles. The van der Waals surface area contributed by atoms with Crippen LogP contribution >= 0.6 is 0 Å². The van der Waals surface area contributed by atoms with E-state index in [1.54, 1.807) is 18.2 Å². The highest BCUT2D eigenvalue weighted by atomic mass is 28.4. The average molecular weight is 611 g/mol. The molecular weight excluding hydrogens is 564 g/mol. The fourth-order valence-corrected chi connectivity index (χ4v) is 5.23. The van der Waals surface area contributed by atoms with Crippen LogP contribution in [0.3, 0.4) is 0 Å². The third-order valence-electron chi connectivity index (χ3n) is 8.57. The first-order chi connectivity index (χ1) is 19.2. The smallest absolute Gasteiger partial charge is 0.458 e. The quantitative estimate of drug-likeness (QED) is 0.238. The molecule has 7 nitrogen and oxygen atoms in total. The Balaban J connectivity index is 2.11. The van der Waals surface area contributed by atoms with E-state index in [1.807, 2.05) is 34.6 Å². The summed E-state index contributed by atoms with van der Waals surface area (Å²) in [5.41, 5.74) is -1.61. The van der Waals surface area contributed by atoms with Crippen LogP contribution in [0.4, 0.5) is 13.2 Å². The van der Waals surface area contributed by atoms with Crippen molar-refractivity contribution >= 4 is 15.4 Å². The van der Waals surface area contributed by atoms with Gasteiger partial charge in [-0.15, -0.1) is 0 Å². The number of hydrogen-bond donors (Lipinski definition) is 0. The van der Waals surface area contributed by atoms with Crippen molar-refractivity contribution in [2.45, 2.75) is 110 Å². The van der Waals surface area contributed by atoms with Gasteiger partial charge in [0, 0.05) is 23.8 Å². The van der Waals surface area contributed by atoms with Crippen LogP contribution in [-0.2, 0) is 19.9 Å². The highest BCUT2D eigenvalue weighted by Crippen LogP contribution is 2.42. The molecule has 12 heteroatoms. The summed E-state index contributed by atoms with van der Waals surface area (Å²) < 4.78 is 72.9. The number of methoxy groups -OCH3 is 1. The van der Waals surface area contributed by atoms with Gasteiger partial charge in [-0.2, -0.15) is 13.2 Å². The van der Waals surface area contributed by atoms with E-state index in [1.165, 1.54) is 7.11 Å². The summed E-state index contributed by atoms with van der Waals surface area (Å²) in [6.45, 7) is 20.9. The van der Waals surface area contributed by atoms with Crippen molar-refractivity contribution in [2.24, 2.45) is 0 Å². The number of alkyl halides is 3. The molecule has 0 N–H and O–H groups in total. The number of rotatable bonds is 11. The molecule has 0 amide bonds. The maximum Gasteiger partial charge on any atom is 0.458 e. The second-order valence-corrected chi connectivity index (χ2v) is 18.2. The van der Waals surface area contributed by atoms with Gasteiger partial charge < -0.3 is 23.2 Å². The fourth-order valence-electron chi connectivity index (χ4n) is 4.18. The van der Waals surface area contributed by atoms with E-state index in [9.17, 15) is 13.2 Å². The zero-order chi connectivity index (χ0) is 31.7. The lowest BCUT2D eigenvalue weighted by Crippen LogP contribution is -2.42. The molecule has 0 aliphatic carbocycles. The first-order valence-corrected chi connectivity index (χ1v) is 17.4.